The minimum Gasteiger partial charge on any atom is -0.478 e. The fourth-order valence-electron chi connectivity index (χ4n) is 3.97. The second-order valence-corrected chi connectivity index (χ2v) is 8.24. The summed E-state index contributed by atoms with van der Waals surface area (Å²) >= 11 is 0. The molecule has 2 aromatic carbocycles. The van der Waals surface area contributed by atoms with Gasteiger partial charge in [0.2, 0.25) is 5.88 Å². The van der Waals surface area contributed by atoms with Crippen molar-refractivity contribution in [3.05, 3.63) is 66.2 Å². The number of halogens is 2. The van der Waals surface area contributed by atoms with E-state index >= 15 is 0 Å². The molecule has 0 N–H and O–H groups in total. The number of hydrogen-bond acceptors (Lipinski definition) is 4. The van der Waals surface area contributed by atoms with Crippen LogP contribution in [0.3, 0.4) is 0 Å². The number of likely N-dealkylation sites (tertiary alicyclic amines) is 1. The van der Waals surface area contributed by atoms with Gasteiger partial charge in [0.25, 0.3) is 0 Å². The SMILES string of the molecule is Fc1ccc(-c2cc(OCCCCCN3CCCCC3)nc(-c3ccc(F)cc3)n2)cc1. The molecule has 168 valence electrons. The zero-order valence-corrected chi connectivity index (χ0v) is 18.3. The smallest absolute Gasteiger partial charge is 0.217 e. The van der Waals surface area contributed by atoms with Crippen molar-refractivity contribution in [2.45, 2.75) is 38.5 Å². The molecule has 4 rings (SSSR count). The highest BCUT2D eigenvalue weighted by Crippen LogP contribution is 2.26. The average molecular weight is 438 g/mol. The number of nitrogens with zero attached hydrogens (tertiary/aromatic N) is 3. The van der Waals surface area contributed by atoms with Crippen molar-refractivity contribution in [1.29, 1.82) is 0 Å². The number of rotatable bonds is 9. The quantitative estimate of drug-likeness (QED) is 0.378. The third-order valence-electron chi connectivity index (χ3n) is 5.76. The Morgan fingerprint density at radius 1 is 0.750 bits per heavy atom. The van der Waals surface area contributed by atoms with Crippen LogP contribution in [0.15, 0.2) is 54.6 Å². The maximum atomic E-state index is 13.4. The molecular formula is C26H29F2N3O. The number of unbranched alkanes of at least 4 members (excludes halogenated alkanes) is 2. The van der Waals surface area contributed by atoms with E-state index in [-0.39, 0.29) is 11.6 Å². The van der Waals surface area contributed by atoms with Gasteiger partial charge in [0.15, 0.2) is 5.82 Å². The molecule has 0 radical (unpaired) electrons. The summed E-state index contributed by atoms with van der Waals surface area (Å²) in [4.78, 5) is 11.7. The van der Waals surface area contributed by atoms with E-state index in [1.165, 1.54) is 63.0 Å². The third-order valence-corrected chi connectivity index (χ3v) is 5.76. The van der Waals surface area contributed by atoms with Crippen molar-refractivity contribution in [3.8, 4) is 28.5 Å². The lowest BCUT2D eigenvalue weighted by Gasteiger charge is -2.26. The molecule has 0 spiro atoms. The van der Waals surface area contributed by atoms with E-state index < -0.39 is 0 Å². The van der Waals surface area contributed by atoms with Gasteiger partial charge < -0.3 is 9.64 Å². The molecule has 1 fully saturated rings. The molecule has 1 aliphatic rings. The van der Waals surface area contributed by atoms with E-state index in [1.54, 1.807) is 30.3 Å². The van der Waals surface area contributed by atoms with Crippen LogP contribution in [0.2, 0.25) is 0 Å². The lowest BCUT2D eigenvalue weighted by atomic mass is 10.1. The Morgan fingerprint density at radius 2 is 1.41 bits per heavy atom. The number of hydrogen-bond donors (Lipinski definition) is 0. The van der Waals surface area contributed by atoms with E-state index in [0.29, 0.717) is 29.6 Å². The molecule has 3 aromatic rings. The van der Waals surface area contributed by atoms with Crippen molar-refractivity contribution in [3.63, 3.8) is 0 Å². The van der Waals surface area contributed by atoms with Crippen LogP contribution in [-0.4, -0.2) is 41.1 Å². The monoisotopic (exact) mass is 437 g/mol. The molecule has 0 aliphatic carbocycles. The summed E-state index contributed by atoms with van der Waals surface area (Å²) in [6.07, 6.45) is 7.25. The molecule has 0 unspecified atom stereocenters. The van der Waals surface area contributed by atoms with Gasteiger partial charge in [0.05, 0.1) is 12.3 Å². The van der Waals surface area contributed by atoms with Crippen molar-refractivity contribution in [2.75, 3.05) is 26.2 Å². The van der Waals surface area contributed by atoms with Gasteiger partial charge in [-0.3, -0.25) is 0 Å². The molecule has 0 amide bonds. The molecule has 32 heavy (non-hydrogen) atoms. The number of aromatic nitrogens is 2. The minimum atomic E-state index is -0.315. The summed E-state index contributed by atoms with van der Waals surface area (Å²) in [5, 5.41) is 0. The maximum absolute atomic E-state index is 13.4. The molecule has 4 nitrogen and oxygen atoms in total. The maximum Gasteiger partial charge on any atom is 0.217 e. The van der Waals surface area contributed by atoms with E-state index in [0.717, 1.165) is 24.9 Å². The van der Waals surface area contributed by atoms with Gasteiger partial charge in [0, 0.05) is 17.2 Å². The van der Waals surface area contributed by atoms with Crippen LogP contribution in [0.25, 0.3) is 22.6 Å². The molecular weight excluding hydrogens is 408 g/mol. The lowest BCUT2D eigenvalue weighted by molar-refractivity contribution is 0.220. The Hall–Kier alpha value is -2.86. The summed E-state index contributed by atoms with van der Waals surface area (Å²) in [6, 6.07) is 14.0. The Labute approximate surface area is 188 Å². The highest BCUT2D eigenvalue weighted by atomic mass is 19.1. The number of piperidine rings is 1. The van der Waals surface area contributed by atoms with Crippen LogP contribution in [0.4, 0.5) is 8.78 Å². The van der Waals surface area contributed by atoms with E-state index in [1.807, 2.05) is 0 Å². The van der Waals surface area contributed by atoms with Crippen molar-refractivity contribution in [1.82, 2.24) is 14.9 Å². The fourth-order valence-corrected chi connectivity index (χ4v) is 3.97. The Kier molecular flexibility index (Phi) is 7.77. The molecule has 6 heteroatoms. The van der Waals surface area contributed by atoms with E-state index in [4.69, 9.17) is 4.74 Å². The van der Waals surface area contributed by atoms with Crippen LogP contribution in [0.1, 0.15) is 38.5 Å². The second-order valence-electron chi connectivity index (χ2n) is 8.24. The zero-order chi connectivity index (χ0) is 22.2. The van der Waals surface area contributed by atoms with Crippen molar-refractivity contribution < 1.29 is 13.5 Å². The van der Waals surface area contributed by atoms with Crippen molar-refractivity contribution in [2.24, 2.45) is 0 Å². The molecule has 1 saturated heterocycles. The Morgan fingerprint density at radius 3 is 2.09 bits per heavy atom. The van der Waals surface area contributed by atoms with Gasteiger partial charge in [0.1, 0.15) is 11.6 Å². The first-order valence-electron chi connectivity index (χ1n) is 11.4. The molecule has 2 heterocycles. The molecule has 0 atom stereocenters. The fraction of sp³-hybridized carbons (Fsp3) is 0.385. The van der Waals surface area contributed by atoms with Crippen LogP contribution in [-0.2, 0) is 0 Å². The first-order valence-corrected chi connectivity index (χ1v) is 11.4. The first-order chi connectivity index (χ1) is 15.7. The predicted molar refractivity (Wildman–Crippen MR) is 122 cm³/mol. The Bertz CT molecular complexity index is 923. The highest BCUT2D eigenvalue weighted by Gasteiger charge is 2.11. The van der Waals surface area contributed by atoms with Gasteiger partial charge in [-0.1, -0.05) is 6.42 Å². The van der Waals surface area contributed by atoms with E-state index in [2.05, 4.69) is 14.9 Å². The van der Waals surface area contributed by atoms with Gasteiger partial charge in [-0.15, -0.1) is 0 Å². The normalized spacial score (nSPS) is 14.4. The highest BCUT2D eigenvalue weighted by molar-refractivity contribution is 5.65. The largest absolute Gasteiger partial charge is 0.478 e. The van der Waals surface area contributed by atoms with Crippen LogP contribution < -0.4 is 4.74 Å². The summed E-state index contributed by atoms with van der Waals surface area (Å²) in [6.45, 7) is 4.20. The van der Waals surface area contributed by atoms with Crippen LogP contribution in [0, 0.1) is 11.6 Å². The molecule has 1 aromatic heterocycles. The molecule has 0 saturated carbocycles. The summed E-state index contributed by atoms with van der Waals surface area (Å²) in [5.74, 6) is 0.300. The molecule has 1 aliphatic heterocycles. The summed E-state index contributed by atoms with van der Waals surface area (Å²) in [7, 11) is 0. The first kappa shape index (κ1) is 22.3. The standard InChI is InChI=1S/C26H29F2N3O/c27-22-11-7-20(8-12-22)24-19-25(30-26(29-24)21-9-13-23(28)14-10-21)32-18-6-2-5-17-31-15-3-1-4-16-31/h7-14,19H,1-6,15-18H2. The lowest BCUT2D eigenvalue weighted by Crippen LogP contribution is -2.30. The topological polar surface area (TPSA) is 38.2 Å². The van der Waals surface area contributed by atoms with Crippen molar-refractivity contribution >= 4 is 0 Å². The van der Waals surface area contributed by atoms with Crippen LogP contribution >= 0.6 is 0 Å². The predicted octanol–water partition coefficient (Wildman–Crippen LogP) is 6.12. The van der Waals surface area contributed by atoms with Gasteiger partial charge in [-0.25, -0.2) is 13.8 Å². The Balaban J connectivity index is 1.40. The third kappa shape index (κ3) is 6.33. The number of ether oxygens (including phenoxy) is 1. The zero-order valence-electron chi connectivity index (χ0n) is 18.3. The minimum absolute atomic E-state index is 0.303. The van der Waals surface area contributed by atoms with Gasteiger partial charge >= 0.3 is 0 Å². The number of benzene rings is 2. The summed E-state index contributed by atoms with van der Waals surface area (Å²) in [5.41, 5.74) is 2.10. The van der Waals surface area contributed by atoms with Gasteiger partial charge in [-0.05, 0) is 100 Å². The van der Waals surface area contributed by atoms with E-state index in [9.17, 15) is 8.78 Å². The average Bonchev–Trinajstić information content (AvgIpc) is 2.83. The van der Waals surface area contributed by atoms with Crippen LogP contribution in [0.5, 0.6) is 5.88 Å². The van der Waals surface area contributed by atoms with Gasteiger partial charge in [-0.2, -0.15) is 4.98 Å². The molecule has 0 bridgehead atoms. The summed E-state index contributed by atoms with van der Waals surface area (Å²) < 4.78 is 32.7. The second kappa shape index (κ2) is 11.1.